The highest BCUT2D eigenvalue weighted by Gasteiger charge is 2.31. The number of nitrogens with one attached hydrogen (secondary N) is 4. The highest BCUT2D eigenvalue weighted by Crippen LogP contribution is 2.26. The first-order chi connectivity index (χ1) is 19.7. The van der Waals surface area contributed by atoms with E-state index in [9.17, 15) is 24.0 Å². The highest BCUT2D eigenvalue weighted by molar-refractivity contribution is 6.01. The van der Waals surface area contributed by atoms with E-state index in [4.69, 9.17) is 9.47 Å². The van der Waals surface area contributed by atoms with Gasteiger partial charge in [0.1, 0.15) is 11.4 Å². The van der Waals surface area contributed by atoms with E-state index in [1.165, 1.54) is 13.3 Å². The number of amides is 3. The Bertz CT molecular complexity index is 1480. The molecule has 3 aromatic rings. The van der Waals surface area contributed by atoms with Crippen molar-refractivity contribution in [2.45, 2.75) is 39.2 Å². The molecule has 0 unspecified atom stereocenters. The Morgan fingerprint density at radius 3 is 2.71 bits per heavy atom. The fraction of sp³-hybridized carbons (Fsp3) is 0.379. The zero-order valence-corrected chi connectivity index (χ0v) is 23.2. The number of esters is 1. The molecule has 2 atom stereocenters. The van der Waals surface area contributed by atoms with E-state index < -0.39 is 48.7 Å². The molecule has 12 heteroatoms. The average Bonchev–Trinajstić information content (AvgIpc) is 3.40. The number of methoxy groups -OCH3 is 1. The van der Waals surface area contributed by atoms with Crippen molar-refractivity contribution in [2.24, 2.45) is 5.92 Å². The number of H-pyrrole nitrogens is 1. The standard InChI is InChI=1S/C29H33N5O7/c1-16-10-17(2)31-13-20(16)29(39)41-15-24(35)22(11-18-6-5-9-30-27(18)37)34-26(36)14-32-28(38)23-12-19-21(33-23)7-4-8-25(19)40-3/h4,7-8,10,12-13,18,22,33H,5-6,9,11,14-15H2,1-3H3,(H,30,37)(H,32,38)(H,34,36)/t18-,22-/m0/s1. The highest BCUT2D eigenvalue weighted by atomic mass is 16.5. The summed E-state index contributed by atoms with van der Waals surface area (Å²) in [6.07, 6.45) is 2.72. The molecule has 0 aliphatic carbocycles. The zero-order chi connectivity index (χ0) is 29.5. The topological polar surface area (TPSA) is 169 Å². The van der Waals surface area contributed by atoms with E-state index in [0.29, 0.717) is 35.2 Å². The summed E-state index contributed by atoms with van der Waals surface area (Å²) in [5.41, 5.74) is 2.55. The first-order valence-electron chi connectivity index (χ1n) is 13.3. The van der Waals surface area contributed by atoms with Gasteiger partial charge in [0.15, 0.2) is 12.4 Å². The maximum atomic E-state index is 13.1. The molecule has 1 saturated heterocycles. The molecule has 0 bridgehead atoms. The smallest absolute Gasteiger partial charge is 0.340 e. The number of fused-ring (bicyclic) bond motifs is 1. The number of rotatable bonds is 11. The van der Waals surface area contributed by atoms with Gasteiger partial charge < -0.3 is 30.4 Å². The summed E-state index contributed by atoms with van der Waals surface area (Å²) in [4.78, 5) is 70.6. The van der Waals surface area contributed by atoms with Crippen LogP contribution in [0, 0.1) is 19.8 Å². The van der Waals surface area contributed by atoms with Gasteiger partial charge in [0.05, 0.1) is 25.3 Å². The predicted molar refractivity (Wildman–Crippen MR) is 148 cm³/mol. The lowest BCUT2D eigenvalue weighted by atomic mass is 9.90. The predicted octanol–water partition coefficient (Wildman–Crippen LogP) is 1.75. The van der Waals surface area contributed by atoms with Gasteiger partial charge in [-0.05, 0) is 62.9 Å². The van der Waals surface area contributed by atoms with Crippen LogP contribution in [0.2, 0.25) is 0 Å². The van der Waals surface area contributed by atoms with Crippen molar-refractivity contribution in [2.75, 3.05) is 26.8 Å². The molecule has 1 fully saturated rings. The van der Waals surface area contributed by atoms with Gasteiger partial charge in [-0.1, -0.05) is 6.07 Å². The summed E-state index contributed by atoms with van der Waals surface area (Å²) >= 11 is 0. The number of aryl methyl sites for hydroxylation is 2. The molecule has 1 aromatic carbocycles. The molecule has 4 rings (SSSR count). The molecule has 12 nitrogen and oxygen atoms in total. The summed E-state index contributed by atoms with van der Waals surface area (Å²) in [5.74, 6) is -2.55. The Balaban J connectivity index is 1.38. The fourth-order valence-corrected chi connectivity index (χ4v) is 4.77. The minimum atomic E-state index is -1.10. The van der Waals surface area contributed by atoms with Gasteiger partial charge in [-0.25, -0.2) is 4.79 Å². The van der Waals surface area contributed by atoms with Crippen molar-refractivity contribution in [3.8, 4) is 5.75 Å². The molecule has 0 saturated carbocycles. The summed E-state index contributed by atoms with van der Waals surface area (Å²) in [5, 5.41) is 8.61. The third kappa shape index (κ3) is 7.27. The van der Waals surface area contributed by atoms with Gasteiger partial charge >= 0.3 is 5.97 Å². The molecular formula is C29H33N5O7. The number of aromatic amines is 1. The van der Waals surface area contributed by atoms with E-state index in [2.05, 4.69) is 25.9 Å². The van der Waals surface area contributed by atoms with Crippen molar-refractivity contribution in [3.63, 3.8) is 0 Å². The molecule has 3 amide bonds. The number of pyridine rings is 1. The maximum Gasteiger partial charge on any atom is 0.340 e. The third-order valence-electron chi connectivity index (χ3n) is 6.95. The van der Waals surface area contributed by atoms with E-state index in [0.717, 1.165) is 12.1 Å². The van der Waals surface area contributed by atoms with Gasteiger partial charge in [0.2, 0.25) is 11.8 Å². The Morgan fingerprint density at radius 2 is 1.98 bits per heavy atom. The third-order valence-corrected chi connectivity index (χ3v) is 6.95. The van der Waals surface area contributed by atoms with Crippen LogP contribution in [-0.2, 0) is 19.1 Å². The number of hydrogen-bond acceptors (Lipinski definition) is 8. The van der Waals surface area contributed by atoms with Crippen LogP contribution >= 0.6 is 0 Å². The minimum absolute atomic E-state index is 0.0365. The normalized spacial score (nSPS) is 15.5. The van der Waals surface area contributed by atoms with Gasteiger partial charge in [-0.2, -0.15) is 0 Å². The van der Waals surface area contributed by atoms with Crippen LogP contribution in [0.1, 0.15) is 51.4 Å². The quantitative estimate of drug-likeness (QED) is 0.256. The summed E-state index contributed by atoms with van der Waals surface area (Å²) in [7, 11) is 1.53. The molecule has 41 heavy (non-hydrogen) atoms. The van der Waals surface area contributed by atoms with Crippen LogP contribution < -0.4 is 20.7 Å². The van der Waals surface area contributed by atoms with Gasteiger partial charge in [0, 0.05) is 35.3 Å². The summed E-state index contributed by atoms with van der Waals surface area (Å²) in [6.45, 7) is 3.06. The lowest BCUT2D eigenvalue weighted by Crippen LogP contribution is -2.49. The number of aromatic nitrogens is 2. The number of piperidine rings is 1. The van der Waals surface area contributed by atoms with Crippen LogP contribution in [0.3, 0.4) is 0 Å². The van der Waals surface area contributed by atoms with Crippen LogP contribution in [-0.4, -0.2) is 72.3 Å². The second kappa shape index (κ2) is 13.1. The monoisotopic (exact) mass is 563 g/mol. The lowest BCUT2D eigenvalue weighted by Gasteiger charge is -2.26. The molecular weight excluding hydrogens is 530 g/mol. The number of benzene rings is 1. The first kappa shape index (κ1) is 29.2. The SMILES string of the molecule is COc1cccc2[nH]c(C(=O)NCC(=O)N[C@@H](C[C@@H]3CCCNC3=O)C(=O)COC(=O)c3cnc(C)cc3C)cc12. The number of ether oxygens (including phenoxy) is 2. The van der Waals surface area contributed by atoms with E-state index in [1.807, 2.05) is 0 Å². The van der Waals surface area contributed by atoms with Crippen molar-refractivity contribution in [1.82, 2.24) is 25.9 Å². The fourth-order valence-electron chi connectivity index (χ4n) is 4.77. The van der Waals surface area contributed by atoms with Crippen LogP contribution in [0.25, 0.3) is 10.9 Å². The lowest BCUT2D eigenvalue weighted by molar-refractivity contribution is -0.132. The van der Waals surface area contributed by atoms with Gasteiger partial charge in [-0.15, -0.1) is 0 Å². The molecule has 1 aliphatic heterocycles. The van der Waals surface area contributed by atoms with Gasteiger partial charge in [0.25, 0.3) is 5.91 Å². The molecule has 0 spiro atoms. The number of hydrogen-bond donors (Lipinski definition) is 4. The Morgan fingerprint density at radius 1 is 1.17 bits per heavy atom. The van der Waals surface area contributed by atoms with E-state index in [1.54, 1.807) is 44.2 Å². The van der Waals surface area contributed by atoms with E-state index in [-0.39, 0.29) is 23.6 Å². The van der Waals surface area contributed by atoms with Crippen LogP contribution in [0.15, 0.2) is 36.5 Å². The molecule has 2 aromatic heterocycles. The summed E-state index contributed by atoms with van der Waals surface area (Å²) < 4.78 is 10.5. The number of carbonyl (C=O) groups is 5. The number of nitrogens with zero attached hydrogens (tertiary/aromatic N) is 1. The second-order valence-corrected chi connectivity index (χ2v) is 9.96. The zero-order valence-electron chi connectivity index (χ0n) is 23.2. The Labute approximate surface area is 236 Å². The van der Waals surface area contributed by atoms with Crippen LogP contribution in [0.4, 0.5) is 0 Å². The van der Waals surface area contributed by atoms with Crippen molar-refractivity contribution < 1.29 is 33.4 Å². The molecule has 3 heterocycles. The molecule has 216 valence electrons. The molecule has 1 aliphatic rings. The Kier molecular flexibility index (Phi) is 9.33. The maximum absolute atomic E-state index is 13.1. The summed E-state index contributed by atoms with van der Waals surface area (Å²) in [6, 6.07) is 7.59. The van der Waals surface area contributed by atoms with Crippen molar-refractivity contribution >= 4 is 40.4 Å². The van der Waals surface area contributed by atoms with Crippen LogP contribution in [0.5, 0.6) is 5.75 Å². The number of ketones is 1. The minimum Gasteiger partial charge on any atom is -0.496 e. The van der Waals surface area contributed by atoms with Gasteiger partial charge in [-0.3, -0.25) is 24.2 Å². The second-order valence-electron chi connectivity index (χ2n) is 9.96. The largest absolute Gasteiger partial charge is 0.496 e. The number of carbonyl (C=O) groups excluding carboxylic acids is 5. The Hall–Kier alpha value is -4.74. The number of Topliss-reactive ketones (excluding diaryl/α,β-unsaturated/α-hetero) is 1. The van der Waals surface area contributed by atoms with Crippen molar-refractivity contribution in [1.29, 1.82) is 0 Å². The first-order valence-corrected chi connectivity index (χ1v) is 13.3. The average molecular weight is 564 g/mol. The molecule has 4 N–H and O–H groups in total. The van der Waals surface area contributed by atoms with Crippen molar-refractivity contribution in [3.05, 3.63) is 59.0 Å². The van der Waals surface area contributed by atoms with E-state index >= 15 is 0 Å². The molecule has 0 radical (unpaired) electrons.